The zero-order chi connectivity index (χ0) is 20.1. The minimum absolute atomic E-state index is 0.0803. The smallest absolute Gasteiger partial charge is 0.264 e. The first kappa shape index (κ1) is 19.4. The number of amides is 1. The summed E-state index contributed by atoms with van der Waals surface area (Å²) in [5.74, 6) is 0.0519. The SMILES string of the molecule is COc1ccccc1C(=O)Nc1cccc(S(=O)(=O)N(C)c2ccccc2)c1. The Morgan fingerprint density at radius 2 is 1.61 bits per heavy atom. The van der Waals surface area contributed by atoms with Gasteiger partial charge in [0.1, 0.15) is 5.75 Å². The predicted molar refractivity (Wildman–Crippen MR) is 109 cm³/mol. The number of rotatable bonds is 6. The minimum atomic E-state index is -3.77. The van der Waals surface area contributed by atoms with Crippen LogP contribution in [-0.2, 0) is 10.0 Å². The molecule has 0 aliphatic carbocycles. The Morgan fingerprint density at radius 1 is 0.929 bits per heavy atom. The molecule has 6 nitrogen and oxygen atoms in total. The van der Waals surface area contributed by atoms with Crippen LogP contribution in [0.15, 0.2) is 83.8 Å². The quantitative estimate of drug-likeness (QED) is 0.688. The average Bonchev–Trinajstić information content (AvgIpc) is 2.73. The van der Waals surface area contributed by atoms with Crippen LogP contribution >= 0.6 is 0 Å². The van der Waals surface area contributed by atoms with Crippen LogP contribution in [-0.4, -0.2) is 28.5 Å². The highest BCUT2D eigenvalue weighted by Gasteiger charge is 2.22. The summed E-state index contributed by atoms with van der Waals surface area (Å²) in [6.45, 7) is 0. The Balaban J connectivity index is 1.87. The van der Waals surface area contributed by atoms with Gasteiger partial charge in [-0.2, -0.15) is 0 Å². The number of sulfonamides is 1. The number of methoxy groups -OCH3 is 1. The highest BCUT2D eigenvalue weighted by atomic mass is 32.2. The second-order valence-electron chi connectivity index (χ2n) is 5.99. The third kappa shape index (κ3) is 3.99. The topological polar surface area (TPSA) is 75.7 Å². The molecule has 3 aromatic carbocycles. The van der Waals surface area contributed by atoms with E-state index in [0.717, 1.165) is 0 Å². The second-order valence-corrected chi connectivity index (χ2v) is 7.96. The molecule has 7 heteroatoms. The lowest BCUT2D eigenvalue weighted by Crippen LogP contribution is -2.26. The van der Waals surface area contributed by atoms with Crippen LogP contribution in [0.25, 0.3) is 0 Å². The van der Waals surface area contributed by atoms with Gasteiger partial charge >= 0.3 is 0 Å². The molecule has 3 rings (SSSR count). The van der Waals surface area contributed by atoms with E-state index in [1.165, 1.54) is 30.6 Å². The molecule has 0 aromatic heterocycles. The van der Waals surface area contributed by atoms with Crippen LogP contribution in [0.5, 0.6) is 5.75 Å². The fourth-order valence-corrected chi connectivity index (χ4v) is 3.94. The molecule has 0 atom stereocenters. The Morgan fingerprint density at radius 3 is 2.32 bits per heavy atom. The molecule has 1 amide bonds. The zero-order valence-corrected chi connectivity index (χ0v) is 16.3. The van der Waals surface area contributed by atoms with Gasteiger partial charge in [-0.05, 0) is 42.5 Å². The third-order valence-electron chi connectivity index (χ3n) is 4.22. The fourth-order valence-electron chi connectivity index (χ4n) is 2.70. The van der Waals surface area contributed by atoms with Gasteiger partial charge in [-0.1, -0.05) is 36.4 Å². The molecule has 0 unspecified atom stereocenters. The van der Waals surface area contributed by atoms with E-state index in [4.69, 9.17) is 4.74 Å². The number of benzene rings is 3. The first-order valence-electron chi connectivity index (χ1n) is 8.52. The van der Waals surface area contributed by atoms with Crippen LogP contribution in [0, 0.1) is 0 Å². The first-order chi connectivity index (χ1) is 13.4. The lowest BCUT2D eigenvalue weighted by molar-refractivity contribution is 0.102. The maximum atomic E-state index is 12.9. The molecule has 0 aliphatic rings. The van der Waals surface area contributed by atoms with Crippen LogP contribution in [0.2, 0.25) is 0 Å². The van der Waals surface area contributed by atoms with Gasteiger partial charge in [0.15, 0.2) is 0 Å². The molecule has 0 saturated carbocycles. The highest BCUT2D eigenvalue weighted by molar-refractivity contribution is 7.92. The van der Waals surface area contributed by atoms with Gasteiger partial charge in [0.05, 0.1) is 23.3 Å². The normalized spacial score (nSPS) is 10.9. The van der Waals surface area contributed by atoms with Crippen molar-refractivity contribution in [2.24, 2.45) is 0 Å². The number of carbonyl (C=O) groups excluding carboxylic acids is 1. The van der Waals surface area contributed by atoms with Gasteiger partial charge in [0, 0.05) is 12.7 Å². The van der Waals surface area contributed by atoms with Gasteiger partial charge in [-0.25, -0.2) is 8.42 Å². The van der Waals surface area contributed by atoms with E-state index in [9.17, 15) is 13.2 Å². The molecular weight excluding hydrogens is 376 g/mol. The van der Waals surface area contributed by atoms with Crippen LogP contribution < -0.4 is 14.4 Å². The second kappa shape index (κ2) is 8.14. The van der Waals surface area contributed by atoms with E-state index in [1.54, 1.807) is 60.7 Å². The van der Waals surface area contributed by atoms with Crippen LogP contribution in [0.4, 0.5) is 11.4 Å². The standard InChI is InChI=1S/C21H20N2O4S/c1-23(17-10-4-3-5-11-17)28(25,26)18-12-8-9-16(15-18)22-21(24)19-13-6-7-14-20(19)27-2/h3-15H,1-2H3,(H,22,24). The number of hydrogen-bond acceptors (Lipinski definition) is 4. The van der Waals surface area contributed by atoms with Gasteiger partial charge in [-0.3, -0.25) is 9.10 Å². The molecule has 0 saturated heterocycles. The summed E-state index contributed by atoms with van der Waals surface area (Å²) in [5, 5.41) is 2.72. The first-order valence-corrected chi connectivity index (χ1v) is 9.96. The van der Waals surface area contributed by atoms with Crippen LogP contribution in [0.3, 0.4) is 0 Å². The van der Waals surface area contributed by atoms with E-state index < -0.39 is 10.0 Å². The largest absolute Gasteiger partial charge is 0.496 e. The van der Waals surface area contributed by atoms with Gasteiger partial charge < -0.3 is 10.1 Å². The molecule has 0 fully saturated rings. The van der Waals surface area contributed by atoms with E-state index in [2.05, 4.69) is 5.32 Å². The number of hydrogen-bond donors (Lipinski definition) is 1. The number of nitrogens with zero attached hydrogens (tertiary/aromatic N) is 1. The van der Waals surface area contributed by atoms with Crippen molar-refractivity contribution in [1.82, 2.24) is 0 Å². The van der Waals surface area contributed by atoms with Gasteiger partial charge in [0.25, 0.3) is 15.9 Å². The van der Waals surface area contributed by atoms with Crippen molar-refractivity contribution in [2.75, 3.05) is 23.8 Å². The number of anilines is 2. The fraction of sp³-hybridized carbons (Fsp3) is 0.0952. The summed E-state index contributed by atoms with van der Waals surface area (Å²) < 4.78 is 32.3. The van der Waals surface area contributed by atoms with Crippen molar-refractivity contribution < 1.29 is 17.9 Å². The number of para-hydroxylation sites is 2. The van der Waals surface area contributed by atoms with Crippen molar-refractivity contribution in [3.05, 3.63) is 84.4 Å². The number of ether oxygens (including phenoxy) is 1. The van der Waals surface area contributed by atoms with Crippen molar-refractivity contribution in [3.63, 3.8) is 0 Å². The molecule has 3 aromatic rings. The average molecular weight is 396 g/mol. The molecule has 0 spiro atoms. The molecule has 0 bridgehead atoms. The molecule has 0 radical (unpaired) electrons. The third-order valence-corrected chi connectivity index (χ3v) is 6.00. The zero-order valence-electron chi connectivity index (χ0n) is 15.5. The summed E-state index contributed by atoms with van der Waals surface area (Å²) in [7, 11) is -0.795. The molecule has 0 aliphatic heterocycles. The monoisotopic (exact) mass is 396 g/mol. The Kier molecular flexibility index (Phi) is 5.65. The molecule has 0 heterocycles. The molecule has 1 N–H and O–H groups in total. The summed E-state index contributed by atoms with van der Waals surface area (Å²) >= 11 is 0. The Hall–Kier alpha value is -3.32. The van der Waals surface area contributed by atoms with Gasteiger partial charge in [0.2, 0.25) is 0 Å². The molecule has 28 heavy (non-hydrogen) atoms. The van der Waals surface area contributed by atoms with Crippen molar-refractivity contribution >= 4 is 27.3 Å². The van der Waals surface area contributed by atoms with E-state index in [1.807, 2.05) is 6.07 Å². The maximum absolute atomic E-state index is 12.9. The summed E-state index contributed by atoms with van der Waals surface area (Å²) in [5.41, 5.74) is 1.28. The highest BCUT2D eigenvalue weighted by Crippen LogP contribution is 2.24. The van der Waals surface area contributed by atoms with Crippen molar-refractivity contribution in [1.29, 1.82) is 0 Å². The van der Waals surface area contributed by atoms with E-state index in [-0.39, 0.29) is 10.8 Å². The minimum Gasteiger partial charge on any atom is -0.496 e. The number of carbonyl (C=O) groups is 1. The maximum Gasteiger partial charge on any atom is 0.264 e. The Bertz CT molecular complexity index is 1080. The predicted octanol–water partition coefficient (Wildman–Crippen LogP) is 3.77. The number of nitrogens with one attached hydrogen (secondary N) is 1. The summed E-state index contributed by atoms with van der Waals surface area (Å²) in [4.78, 5) is 12.6. The van der Waals surface area contributed by atoms with E-state index in [0.29, 0.717) is 22.7 Å². The van der Waals surface area contributed by atoms with Crippen LogP contribution in [0.1, 0.15) is 10.4 Å². The lowest BCUT2D eigenvalue weighted by atomic mass is 10.2. The van der Waals surface area contributed by atoms with Gasteiger partial charge in [-0.15, -0.1) is 0 Å². The molecular formula is C21H20N2O4S. The Labute approximate surface area is 164 Å². The summed E-state index contributed by atoms with van der Waals surface area (Å²) in [6.07, 6.45) is 0. The van der Waals surface area contributed by atoms with Crippen molar-refractivity contribution in [2.45, 2.75) is 4.90 Å². The molecule has 144 valence electrons. The van der Waals surface area contributed by atoms with Crippen molar-refractivity contribution in [3.8, 4) is 5.75 Å². The summed E-state index contributed by atoms with van der Waals surface area (Å²) in [6, 6.07) is 21.7. The lowest BCUT2D eigenvalue weighted by Gasteiger charge is -2.20. The van der Waals surface area contributed by atoms with E-state index >= 15 is 0 Å².